The van der Waals surface area contributed by atoms with Crippen molar-refractivity contribution < 1.29 is 31.1 Å². The number of amides is 1. The van der Waals surface area contributed by atoms with Gasteiger partial charge in [0.25, 0.3) is 11.8 Å². The number of aromatic nitrogens is 3. The van der Waals surface area contributed by atoms with Crippen molar-refractivity contribution >= 4 is 11.7 Å². The first-order valence-corrected chi connectivity index (χ1v) is 10.1. The summed E-state index contributed by atoms with van der Waals surface area (Å²) in [5, 5.41) is 2.56. The number of nitrogens with one attached hydrogen (secondary N) is 1. The van der Waals surface area contributed by atoms with Crippen LogP contribution < -0.4 is 5.32 Å². The second kappa shape index (κ2) is 8.92. The number of carbonyl (C=O) groups is 1. The number of benzene rings is 1. The summed E-state index contributed by atoms with van der Waals surface area (Å²) in [6.07, 6.45) is -1.78. The van der Waals surface area contributed by atoms with Gasteiger partial charge in [0.2, 0.25) is 0 Å². The molecule has 1 aliphatic heterocycles. The van der Waals surface area contributed by atoms with Gasteiger partial charge in [0.15, 0.2) is 5.82 Å². The lowest BCUT2D eigenvalue weighted by atomic mass is 10.0. The molecule has 6 nitrogen and oxygen atoms in total. The number of alkyl halides is 5. The van der Waals surface area contributed by atoms with E-state index in [9.17, 15) is 31.1 Å². The number of likely N-dealkylation sites (tertiary alicyclic amines) is 1. The van der Waals surface area contributed by atoms with E-state index in [0.717, 1.165) is 29.2 Å². The Morgan fingerprint density at radius 3 is 2.50 bits per heavy atom. The van der Waals surface area contributed by atoms with Crippen LogP contribution in [-0.4, -0.2) is 50.8 Å². The predicted octanol–water partition coefficient (Wildman–Crippen LogP) is 4.66. The minimum absolute atomic E-state index is 0.0628. The van der Waals surface area contributed by atoms with E-state index in [4.69, 9.17) is 0 Å². The molecule has 1 saturated heterocycles. The van der Waals surface area contributed by atoms with Crippen molar-refractivity contribution in [1.29, 1.82) is 0 Å². The normalized spacial score (nSPS) is 17.6. The molecule has 1 atom stereocenters. The van der Waals surface area contributed by atoms with E-state index in [2.05, 4.69) is 20.3 Å². The molecule has 0 unspecified atom stereocenters. The van der Waals surface area contributed by atoms with Crippen molar-refractivity contribution in [3.05, 3.63) is 71.9 Å². The second-order valence-electron chi connectivity index (χ2n) is 7.60. The van der Waals surface area contributed by atoms with Crippen LogP contribution >= 0.6 is 0 Å². The molecule has 0 aliphatic carbocycles. The second-order valence-corrected chi connectivity index (χ2v) is 7.60. The Morgan fingerprint density at radius 2 is 1.85 bits per heavy atom. The maximum atomic E-state index is 14.7. The summed E-state index contributed by atoms with van der Waals surface area (Å²) in [5.41, 5.74) is -0.984. The van der Waals surface area contributed by atoms with Crippen LogP contribution in [-0.2, 0) is 6.18 Å². The van der Waals surface area contributed by atoms with Gasteiger partial charge >= 0.3 is 6.18 Å². The molecular weight excluding hydrogens is 464 g/mol. The van der Waals surface area contributed by atoms with Gasteiger partial charge in [-0.1, -0.05) is 0 Å². The zero-order valence-electron chi connectivity index (χ0n) is 17.4. The number of pyridine rings is 1. The van der Waals surface area contributed by atoms with Crippen molar-refractivity contribution in [2.24, 2.45) is 0 Å². The van der Waals surface area contributed by atoms with Crippen LogP contribution in [0.4, 0.5) is 32.2 Å². The zero-order valence-corrected chi connectivity index (χ0v) is 17.4. The van der Waals surface area contributed by atoms with E-state index < -0.39 is 48.4 Å². The smallest absolute Gasteiger partial charge is 0.368 e. The molecule has 0 radical (unpaired) electrons. The molecule has 178 valence electrons. The van der Waals surface area contributed by atoms with Gasteiger partial charge in [0, 0.05) is 43.7 Å². The first-order valence-electron chi connectivity index (χ1n) is 10.1. The van der Waals surface area contributed by atoms with Crippen molar-refractivity contribution in [2.75, 3.05) is 18.4 Å². The van der Waals surface area contributed by atoms with Gasteiger partial charge in [-0.3, -0.25) is 4.79 Å². The highest BCUT2D eigenvalue weighted by molar-refractivity contribution is 6.00. The van der Waals surface area contributed by atoms with Crippen LogP contribution in [0.15, 0.2) is 55.0 Å². The third kappa shape index (κ3) is 4.80. The third-order valence-corrected chi connectivity index (χ3v) is 5.40. The molecular formula is C22H17F6N5O. The van der Waals surface area contributed by atoms with Gasteiger partial charge in [-0.25, -0.2) is 28.1 Å². The molecule has 1 fully saturated rings. The monoisotopic (exact) mass is 481 g/mol. The lowest BCUT2D eigenvalue weighted by Crippen LogP contribution is -2.47. The molecule has 0 bridgehead atoms. The standard InChI is InChI=1S/C22H17F6N5O/c23-14-3-4-15(19-29-7-1-8-30-19)16(10-14)20(34)33-9-6-21(24,25)17(33)12-32-18-5-2-13(11-31-18)22(26,27)28/h1-5,7-8,10-11,17H,6,9,12H2,(H,31,32)/t17-/m1/s1. The van der Waals surface area contributed by atoms with E-state index in [1.165, 1.54) is 18.5 Å². The first-order chi connectivity index (χ1) is 16.1. The Kier molecular flexibility index (Phi) is 6.15. The largest absolute Gasteiger partial charge is 0.417 e. The highest BCUT2D eigenvalue weighted by atomic mass is 19.4. The molecule has 0 saturated carbocycles. The number of carbonyl (C=O) groups excluding carboxylic acids is 1. The molecule has 1 N–H and O–H groups in total. The van der Waals surface area contributed by atoms with E-state index in [0.29, 0.717) is 6.20 Å². The number of nitrogens with zero attached hydrogens (tertiary/aromatic N) is 4. The maximum absolute atomic E-state index is 14.7. The third-order valence-electron chi connectivity index (χ3n) is 5.40. The predicted molar refractivity (Wildman–Crippen MR) is 110 cm³/mol. The van der Waals surface area contributed by atoms with Gasteiger partial charge in [-0.15, -0.1) is 0 Å². The molecule has 1 amide bonds. The van der Waals surface area contributed by atoms with Crippen molar-refractivity contribution in [1.82, 2.24) is 19.9 Å². The number of anilines is 1. The molecule has 1 aliphatic rings. The molecule has 0 spiro atoms. The summed E-state index contributed by atoms with van der Waals surface area (Å²) in [5.74, 6) is -4.80. The lowest BCUT2D eigenvalue weighted by Gasteiger charge is -2.28. The van der Waals surface area contributed by atoms with E-state index in [-0.39, 0.29) is 29.3 Å². The molecule has 1 aromatic carbocycles. The number of rotatable bonds is 5. The van der Waals surface area contributed by atoms with Crippen LogP contribution in [0.5, 0.6) is 0 Å². The van der Waals surface area contributed by atoms with E-state index in [1.54, 1.807) is 6.07 Å². The van der Waals surface area contributed by atoms with Gasteiger partial charge < -0.3 is 10.2 Å². The van der Waals surface area contributed by atoms with E-state index in [1.807, 2.05) is 0 Å². The van der Waals surface area contributed by atoms with Crippen LogP contribution in [0, 0.1) is 5.82 Å². The Morgan fingerprint density at radius 1 is 1.12 bits per heavy atom. The number of hydrogen-bond acceptors (Lipinski definition) is 5. The van der Waals surface area contributed by atoms with Gasteiger partial charge in [-0.05, 0) is 36.4 Å². The fourth-order valence-corrected chi connectivity index (χ4v) is 3.67. The SMILES string of the molecule is O=C(c1cc(F)ccc1-c1ncccn1)N1CCC(F)(F)[C@H]1CNc1ccc(C(F)(F)F)cn1. The Balaban J connectivity index is 1.58. The highest BCUT2D eigenvalue weighted by Crippen LogP contribution is 2.36. The van der Waals surface area contributed by atoms with Crippen LogP contribution in [0.1, 0.15) is 22.3 Å². The van der Waals surface area contributed by atoms with Gasteiger partial charge in [0.1, 0.15) is 17.7 Å². The van der Waals surface area contributed by atoms with Crippen LogP contribution in [0.2, 0.25) is 0 Å². The first kappa shape index (κ1) is 23.5. The average Bonchev–Trinajstić information content (AvgIpc) is 3.11. The quantitative estimate of drug-likeness (QED) is 0.537. The van der Waals surface area contributed by atoms with Crippen molar-refractivity contribution in [3.8, 4) is 11.4 Å². The minimum Gasteiger partial charge on any atom is -0.368 e. The molecule has 3 heterocycles. The minimum atomic E-state index is -4.58. The summed E-state index contributed by atoms with van der Waals surface area (Å²) >= 11 is 0. The molecule has 12 heteroatoms. The van der Waals surface area contributed by atoms with E-state index >= 15 is 0 Å². The fourth-order valence-electron chi connectivity index (χ4n) is 3.67. The summed E-state index contributed by atoms with van der Waals surface area (Å²) < 4.78 is 81.4. The Hall–Kier alpha value is -3.70. The van der Waals surface area contributed by atoms with Crippen LogP contribution in [0.3, 0.4) is 0 Å². The molecule has 3 aromatic rings. The van der Waals surface area contributed by atoms with Crippen molar-refractivity contribution in [2.45, 2.75) is 24.6 Å². The molecule has 2 aromatic heterocycles. The Labute approximate surface area is 189 Å². The Bertz CT molecular complexity index is 1170. The van der Waals surface area contributed by atoms with Crippen LogP contribution in [0.25, 0.3) is 11.4 Å². The maximum Gasteiger partial charge on any atom is 0.417 e. The van der Waals surface area contributed by atoms with Crippen molar-refractivity contribution in [3.63, 3.8) is 0 Å². The average molecular weight is 481 g/mol. The molecule has 4 rings (SSSR count). The number of halogens is 6. The molecule has 34 heavy (non-hydrogen) atoms. The van der Waals surface area contributed by atoms with Gasteiger partial charge in [-0.2, -0.15) is 13.2 Å². The summed E-state index contributed by atoms with van der Waals surface area (Å²) in [6, 6.07) is 5.03. The van der Waals surface area contributed by atoms with Gasteiger partial charge in [0.05, 0.1) is 11.1 Å². The highest BCUT2D eigenvalue weighted by Gasteiger charge is 2.51. The topological polar surface area (TPSA) is 71.0 Å². The number of hydrogen-bond donors (Lipinski definition) is 1. The summed E-state index contributed by atoms with van der Waals surface area (Å²) in [7, 11) is 0. The summed E-state index contributed by atoms with van der Waals surface area (Å²) in [6.45, 7) is -0.784. The zero-order chi connectivity index (χ0) is 24.5. The summed E-state index contributed by atoms with van der Waals surface area (Å²) in [4.78, 5) is 25.9. The fraction of sp³-hybridized carbons (Fsp3) is 0.273. The lowest BCUT2D eigenvalue weighted by molar-refractivity contribution is -0.137.